The lowest BCUT2D eigenvalue weighted by atomic mass is 10.00. The standard InChI is InChI=1S/C30H25BrCl2N2O5S/c1-2-39-25-13-19(11-22(31)28(25)40-17-18-7-8-23(32)24(33)12-18)14-26-29(37)35(30(38)41-26)16-27(36)34-10-9-20-5-3-4-6-21(20)15-34/h3-8,11-14H,2,9-10,15-17H2,1H3/b26-14+. The fraction of sp³-hybridized carbons (Fsp3) is 0.233. The molecule has 0 bridgehead atoms. The van der Waals surface area contributed by atoms with E-state index < -0.39 is 11.1 Å². The molecule has 0 aromatic heterocycles. The highest BCUT2D eigenvalue weighted by atomic mass is 79.9. The third-order valence-corrected chi connectivity index (χ3v) is 8.88. The molecule has 3 amide bonds. The first-order chi connectivity index (χ1) is 19.7. The van der Waals surface area contributed by atoms with Crippen LogP contribution in [0.1, 0.15) is 29.2 Å². The molecule has 0 radical (unpaired) electrons. The number of fused-ring (bicyclic) bond motifs is 1. The Morgan fingerprint density at radius 2 is 1.83 bits per heavy atom. The van der Waals surface area contributed by atoms with Gasteiger partial charge in [-0.25, -0.2) is 0 Å². The quantitative estimate of drug-likeness (QED) is 0.232. The number of carbonyl (C=O) groups is 3. The highest BCUT2D eigenvalue weighted by Crippen LogP contribution is 2.40. The minimum Gasteiger partial charge on any atom is -0.490 e. The Kier molecular flexibility index (Phi) is 9.28. The van der Waals surface area contributed by atoms with E-state index in [9.17, 15) is 14.4 Å². The summed E-state index contributed by atoms with van der Waals surface area (Å²) in [5.74, 6) is 0.192. The Morgan fingerprint density at radius 1 is 1.05 bits per heavy atom. The molecule has 2 aliphatic heterocycles. The number of imide groups is 1. The van der Waals surface area contributed by atoms with Gasteiger partial charge in [0.15, 0.2) is 11.5 Å². The van der Waals surface area contributed by atoms with Crippen molar-refractivity contribution in [2.24, 2.45) is 0 Å². The fourth-order valence-electron chi connectivity index (χ4n) is 4.59. The summed E-state index contributed by atoms with van der Waals surface area (Å²) in [5, 5.41) is 0.420. The number of rotatable bonds is 8. The summed E-state index contributed by atoms with van der Waals surface area (Å²) >= 11 is 16.5. The Hall–Kier alpha value is -2.98. The minimum atomic E-state index is -0.500. The molecule has 3 aromatic carbocycles. The molecule has 1 saturated heterocycles. The first-order valence-electron chi connectivity index (χ1n) is 12.9. The molecule has 0 atom stereocenters. The molecular formula is C30H25BrCl2N2O5S. The average molecular weight is 676 g/mol. The van der Waals surface area contributed by atoms with Gasteiger partial charge in [0.25, 0.3) is 11.1 Å². The monoisotopic (exact) mass is 674 g/mol. The van der Waals surface area contributed by atoms with Crippen LogP contribution in [0.4, 0.5) is 4.79 Å². The van der Waals surface area contributed by atoms with E-state index in [0.717, 1.165) is 34.2 Å². The SMILES string of the molecule is CCOc1cc(/C=C2/SC(=O)N(CC(=O)N3CCc4ccccc4C3)C2=O)cc(Br)c1OCc1ccc(Cl)c(Cl)c1. The molecule has 0 aliphatic carbocycles. The van der Waals surface area contributed by atoms with Gasteiger partial charge in [0.05, 0.1) is 26.0 Å². The van der Waals surface area contributed by atoms with Gasteiger partial charge in [0.1, 0.15) is 13.2 Å². The first kappa shape index (κ1) is 29.5. The maximum atomic E-state index is 13.2. The van der Waals surface area contributed by atoms with Crippen LogP contribution in [0.2, 0.25) is 10.0 Å². The number of hydrogen-bond acceptors (Lipinski definition) is 6. The van der Waals surface area contributed by atoms with E-state index in [1.165, 1.54) is 5.56 Å². The summed E-state index contributed by atoms with van der Waals surface area (Å²) < 4.78 is 12.5. The van der Waals surface area contributed by atoms with Crippen LogP contribution in [-0.4, -0.2) is 46.5 Å². The highest BCUT2D eigenvalue weighted by Gasteiger charge is 2.37. The molecule has 41 heavy (non-hydrogen) atoms. The third-order valence-electron chi connectivity index (χ3n) is 6.65. The number of carbonyl (C=O) groups excluding carboxylic acids is 3. The van der Waals surface area contributed by atoms with Gasteiger partial charge in [0.2, 0.25) is 5.91 Å². The van der Waals surface area contributed by atoms with Gasteiger partial charge in [-0.05, 0) is 93.6 Å². The van der Waals surface area contributed by atoms with E-state index in [1.54, 1.807) is 35.2 Å². The topological polar surface area (TPSA) is 76.2 Å². The van der Waals surface area contributed by atoms with Crippen LogP contribution in [-0.2, 0) is 29.2 Å². The molecule has 3 aromatic rings. The second kappa shape index (κ2) is 12.9. The summed E-state index contributed by atoms with van der Waals surface area (Å²) in [4.78, 5) is 41.9. The molecule has 2 heterocycles. The number of nitrogens with zero attached hydrogens (tertiary/aromatic N) is 2. The normalized spacial score (nSPS) is 15.9. The van der Waals surface area contributed by atoms with Gasteiger partial charge < -0.3 is 14.4 Å². The number of amides is 3. The van der Waals surface area contributed by atoms with Crippen molar-refractivity contribution in [1.29, 1.82) is 0 Å². The number of ether oxygens (including phenoxy) is 2. The van der Waals surface area contributed by atoms with Crippen LogP contribution in [0.5, 0.6) is 11.5 Å². The highest BCUT2D eigenvalue weighted by molar-refractivity contribution is 9.10. The molecule has 5 rings (SSSR count). The number of hydrogen-bond donors (Lipinski definition) is 0. The van der Waals surface area contributed by atoms with Crippen molar-refractivity contribution in [3.63, 3.8) is 0 Å². The van der Waals surface area contributed by atoms with Crippen molar-refractivity contribution in [3.8, 4) is 11.5 Å². The van der Waals surface area contributed by atoms with E-state index in [4.69, 9.17) is 32.7 Å². The molecular weight excluding hydrogens is 651 g/mol. The summed E-state index contributed by atoms with van der Waals surface area (Å²) in [6.45, 7) is 3.19. The molecule has 0 N–H and O–H groups in total. The molecule has 0 spiro atoms. The predicted molar refractivity (Wildman–Crippen MR) is 164 cm³/mol. The summed E-state index contributed by atoms with van der Waals surface area (Å²) in [5.41, 5.74) is 3.76. The summed E-state index contributed by atoms with van der Waals surface area (Å²) in [6.07, 6.45) is 2.36. The molecule has 0 saturated carbocycles. The van der Waals surface area contributed by atoms with Gasteiger partial charge in [-0.3, -0.25) is 19.3 Å². The molecule has 11 heteroatoms. The lowest BCUT2D eigenvalue weighted by molar-refractivity contribution is -0.136. The van der Waals surface area contributed by atoms with Crippen LogP contribution in [0.15, 0.2) is 64.0 Å². The van der Waals surface area contributed by atoms with E-state index in [1.807, 2.05) is 31.2 Å². The largest absolute Gasteiger partial charge is 0.490 e. The zero-order valence-electron chi connectivity index (χ0n) is 22.0. The maximum absolute atomic E-state index is 13.2. The van der Waals surface area contributed by atoms with E-state index in [0.29, 0.717) is 51.3 Å². The number of halogens is 3. The third kappa shape index (κ3) is 6.75. The smallest absolute Gasteiger partial charge is 0.294 e. The van der Waals surface area contributed by atoms with Crippen molar-refractivity contribution in [2.75, 3.05) is 19.7 Å². The summed E-state index contributed by atoms with van der Waals surface area (Å²) in [6, 6.07) is 16.8. The van der Waals surface area contributed by atoms with Gasteiger partial charge >= 0.3 is 0 Å². The number of benzene rings is 3. The summed E-state index contributed by atoms with van der Waals surface area (Å²) in [7, 11) is 0. The Labute approximate surface area is 260 Å². The van der Waals surface area contributed by atoms with Crippen LogP contribution in [0.25, 0.3) is 6.08 Å². The number of thioether (sulfide) groups is 1. The fourth-order valence-corrected chi connectivity index (χ4v) is 6.32. The van der Waals surface area contributed by atoms with Gasteiger partial charge in [-0.15, -0.1) is 0 Å². The van der Waals surface area contributed by atoms with Crippen LogP contribution in [0, 0.1) is 0 Å². The van der Waals surface area contributed by atoms with Gasteiger partial charge in [-0.2, -0.15) is 0 Å². The van der Waals surface area contributed by atoms with Crippen molar-refractivity contribution in [3.05, 3.63) is 96.3 Å². The van der Waals surface area contributed by atoms with E-state index in [2.05, 4.69) is 22.0 Å². The molecule has 1 fully saturated rings. The molecule has 7 nitrogen and oxygen atoms in total. The van der Waals surface area contributed by atoms with Crippen LogP contribution in [0.3, 0.4) is 0 Å². The maximum Gasteiger partial charge on any atom is 0.294 e. The Balaban J connectivity index is 1.29. The zero-order chi connectivity index (χ0) is 29.1. The van der Waals surface area contributed by atoms with E-state index in [-0.39, 0.29) is 24.0 Å². The Morgan fingerprint density at radius 3 is 2.59 bits per heavy atom. The van der Waals surface area contributed by atoms with Crippen LogP contribution >= 0.6 is 50.9 Å². The molecule has 0 unspecified atom stereocenters. The molecule has 2 aliphatic rings. The Bertz CT molecular complexity index is 1560. The lowest BCUT2D eigenvalue weighted by Gasteiger charge is -2.29. The van der Waals surface area contributed by atoms with Crippen molar-refractivity contribution in [2.45, 2.75) is 26.5 Å². The van der Waals surface area contributed by atoms with E-state index >= 15 is 0 Å². The van der Waals surface area contributed by atoms with Crippen molar-refractivity contribution >= 4 is 74.0 Å². The second-order valence-corrected chi connectivity index (χ2v) is 12.1. The first-order valence-corrected chi connectivity index (χ1v) is 15.2. The van der Waals surface area contributed by atoms with Gasteiger partial charge in [0, 0.05) is 13.1 Å². The van der Waals surface area contributed by atoms with Crippen LogP contribution < -0.4 is 9.47 Å². The minimum absolute atomic E-state index is 0.227. The zero-order valence-corrected chi connectivity index (χ0v) is 25.9. The predicted octanol–water partition coefficient (Wildman–Crippen LogP) is 7.35. The van der Waals surface area contributed by atoms with Gasteiger partial charge in [-0.1, -0.05) is 53.5 Å². The average Bonchev–Trinajstić information content (AvgIpc) is 3.21. The van der Waals surface area contributed by atoms with Crippen molar-refractivity contribution in [1.82, 2.24) is 9.80 Å². The second-order valence-electron chi connectivity index (χ2n) is 9.40. The lowest BCUT2D eigenvalue weighted by Crippen LogP contribution is -2.44. The van der Waals surface area contributed by atoms with Crippen molar-refractivity contribution < 1.29 is 23.9 Å². The molecule has 212 valence electrons.